The third kappa shape index (κ3) is 3.77. The summed E-state index contributed by atoms with van der Waals surface area (Å²) in [4.78, 5) is -0.279. The zero-order valence-electron chi connectivity index (χ0n) is 13.5. The molecule has 0 heterocycles. The lowest BCUT2D eigenvalue weighted by molar-refractivity contribution is 0.384. The summed E-state index contributed by atoms with van der Waals surface area (Å²) >= 11 is 0. The number of sulfonamides is 1. The van der Waals surface area contributed by atoms with Crippen molar-refractivity contribution >= 4 is 10.0 Å². The third-order valence-corrected chi connectivity index (χ3v) is 4.81. The summed E-state index contributed by atoms with van der Waals surface area (Å²) < 4.78 is 56.3. The van der Waals surface area contributed by atoms with E-state index in [0.717, 1.165) is 12.1 Å². The Morgan fingerprint density at radius 2 is 1.54 bits per heavy atom. The van der Waals surface area contributed by atoms with Crippen LogP contribution in [-0.4, -0.2) is 29.7 Å². The molecule has 0 aliphatic rings. The second-order valence-corrected chi connectivity index (χ2v) is 6.50. The third-order valence-electron chi connectivity index (χ3n) is 3.38. The number of benzene rings is 2. The number of nitrogens with one attached hydrogen (secondary N) is 1. The van der Waals surface area contributed by atoms with Crippen molar-refractivity contribution in [2.24, 2.45) is 0 Å². The predicted molar refractivity (Wildman–Crippen MR) is 86.5 cm³/mol. The highest BCUT2D eigenvalue weighted by Gasteiger charge is 2.21. The van der Waals surface area contributed by atoms with Gasteiger partial charge in [0.1, 0.15) is 28.0 Å². The van der Waals surface area contributed by atoms with Gasteiger partial charge >= 0.3 is 0 Å². The van der Waals surface area contributed by atoms with Gasteiger partial charge in [0.05, 0.1) is 26.9 Å². The first-order chi connectivity index (χ1) is 11.4. The molecule has 0 spiro atoms. The summed E-state index contributed by atoms with van der Waals surface area (Å²) in [6.07, 6.45) is 0. The van der Waals surface area contributed by atoms with E-state index in [1.165, 1.54) is 27.4 Å². The Hall–Kier alpha value is -2.32. The molecule has 6 nitrogen and oxygen atoms in total. The minimum absolute atomic E-state index is 0.0518. The molecule has 24 heavy (non-hydrogen) atoms. The molecule has 0 fully saturated rings. The van der Waals surface area contributed by atoms with Gasteiger partial charge in [0.15, 0.2) is 0 Å². The number of halogens is 1. The highest BCUT2D eigenvalue weighted by Crippen LogP contribution is 2.29. The summed E-state index contributed by atoms with van der Waals surface area (Å²) in [6.45, 7) is -0.0881. The maximum atomic E-state index is 13.4. The number of hydrogen-bond donors (Lipinski definition) is 1. The maximum absolute atomic E-state index is 13.4. The van der Waals surface area contributed by atoms with Crippen molar-refractivity contribution in [1.82, 2.24) is 4.72 Å². The fraction of sp³-hybridized carbons (Fsp3) is 0.250. The Balaban J connectivity index is 2.34. The molecule has 0 bridgehead atoms. The molecule has 0 radical (unpaired) electrons. The van der Waals surface area contributed by atoms with Crippen molar-refractivity contribution in [3.05, 3.63) is 47.8 Å². The van der Waals surface area contributed by atoms with E-state index in [-0.39, 0.29) is 17.2 Å². The van der Waals surface area contributed by atoms with Gasteiger partial charge in [0, 0.05) is 6.54 Å². The number of methoxy groups -OCH3 is 3. The summed E-state index contributed by atoms with van der Waals surface area (Å²) in [5.74, 6) is 0.327. The second-order valence-electron chi connectivity index (χ2n) is 4.76. The molecule has 1 N–H and O–H groups in total. The van der Waals surface area contributed by atoms with Crippen LogP contribution in [0.5, 0.6) is 17.2 Å². The lowest BCUT2D eigenvalue weighted by Gasteiger charge is -2.15. The Labute approximate surface area is 140 Å². The molecule has 0 atom stereocenters. The van der Waals surface area contributed by atoms with Gasteiger partial charge in [-0.3, -0.25) is 0 Å². The molecule has 2 rings (SSSR count). The van der Waals surface area contributed by atoms with E-state index in [1.807, 2.05) is 0 Å². The Bertz CT molecular complexity index is 801. The van der Waals surface area contributed by atoms with Crippen molar-refractivity contribution in [2.75, 3.05) is 21.3 Å². The minimum Gasteiger partial charge on any atom is -0.496 e. The molecular formula is C16H18FNO5S. The fourth-order valence-corrected chi connectivity index (χ4v) is 3.38. The molecule has 0 aromatic heterocycles. The van der Waals surface area contributed by atoms with Gasteiger partial charge in [0.25, 0.3) is 0 Å². The minimum atomic E-state index is -4.00. The monoisotopic (exact) mass is 355 g/mol. The zero-order chi connectivity index (χ0) is 17.7. The zero-order valence-corrected chi connectivity index (χ0v) is 14.3. The predicted octanol–water partition coefficient (Wildman–Crippen LogP) is 2.33. The van der Waals surface area contributed by atoms with E-state index in [9.17, 15) is 12.8 Å². The fourth-order valence-electron chi connectivity index (χ4n) is 2.21. The molecule has 2 aromatic rings. The van der Waals surface area contributed by atoms with Crippen LogP contribution in [0.1, 0.15) is 5.56 Å². The molecule has 0 unspecified atom stereocenters. The second kappa shape index (κ2) is 7.50. The van der Waals surface area contributed by atoms with Crippen molar-refractivity contribution < 1.29 is 27.0 Å². The van der Waals surface area contributed by atoms with Crippen LogP contribution in [0.15, 0.2) is 41.3 Å². The van der Waals surface area contributed by atoms with E-state index in [4.69, 9.17) is 14.2 Å². The highest BCUT2D eigenvalue weighted by atomic mass is 32.2. The van der Waals surface area contributed by atoms with E-state index in [1.54, 1.807) is 18.2 Å². The molecule has 0 amide bonds. The normalized spacial score (nSPS) is 11.2. The average Bonchev–Trinajstić information content (AvgIpc) is 2.59. The summed E-state index contributed by atoms with van der Waals surface area (Å²) in [5, 5.41) is 0. The van der Waals surface area contributed by atoms with Crippen LogP contribution >= 0.6 is 0 Å². The summed E-state index contributed by atoms with van der Waals surface area (Å²) in [5.41, 5.74) is 0.529. The SMILES string of the molecule is COc1ccc(F)cc1S(=O)(=O)NCc1c(OC)cccc1OC. The molecule has 130 valence electrons. The van der Waals surface area contributed by atoms with Gasteiger partial charge < -0.3 is 14.2 Å². The lowest BCUT2D eigenvalue weighted by Crippen LogP contribution is -2.24. The van der Waals surface area contributed by atoms with Crippen LogP contribution in [0.3, 0.4) is 0 Å². The van der Waals surface area contributed by atoms with Crippen LogP contribution < -0.4 is 18.9 Å². The molecule has 0 saturated heterocycles. The molecule has 0 aliphatic heterocycles. The average molecular weight is 355 g/mol. The smallest absolute Gasteiger partial charge is 0.244 e. The maximum Gasteiger partial charge on any atom is 0.244 e. The van der Waals surface area contributed by atoms with Gasteiger partial charge in [0.2, 0.25) is 10.0 Å². The molecule has 8 heteroatoms. The van der Waals surface area contributed by atoms with Gasteiger partial charge in [-0.1, -0.05) is 6.07 Å². The van der Waals surface area contributed by atoms with Crippen LogP contribution in [0.4, 0.5) is 4.39 Å². The van der Waals surface area contributed by atoms with Crippen molar-refractivity contribution in [3.8, 4) is 17.2 Å². The quantitative estimate of drug-likeness (QED) is 0.825. The van der Waals surface area contributed by atoms with Crippen LogP contribution in [0.2, 0.25) is 0 Å². The Kier molecular flexibility index (Phi) is 5.63. The van der Waals surface area contributed by atoms with Gasteiger partial charge in [-0.2, -0.15) is 0 Å². The van der Waals surface area contributed by atoms with Gasteiger partial charge in [-0.25, -0.2) is 17.5 Å². The summed E-state index contributed by atoms with van der Waals surface area (Å²) in [7, 11) is 0.264. The lowest BCUT2D eigenvalue weighted by atomic mass is 10.2. The number of hydrogen-bond acceptors (Lipinski definition) is 5. The molecule has 2 aromatic carbocycles. The van der Waals surface area contributed by atoms with Crippen LogP contribution in [0.25, 0.3) is 0 Å². The topological polar surface area (TPSA) is 73.9 Å². The highest BCUT2D eigenvalue weighted by molar-refractivity contribution is 7.89. The van der Waals surface area contributed by atoms with Crippen LogP contribution in [0, 0.1) is 5.82 Å². The van der Waals surface area contributed by atoms with Gasteiger partial charge in [-0.15, -0.1) is 0 Å². The first-order valence-electron chi connectivity index (χ1n) is 6.96. The Morgan fingerprint density at radius 3 is 2.08 bits per heavy atom. The first-order valence-corrected chi connectivity index (χ1v) is 8.44. The standard InChI is InChI=1S/C16H18FNO5S/c1-21-13-5-4-6-14(22-2)12(13)10-18-24(19,20)16-9-11(17)7-8-15(16)23-3/h4-9,18H,10H2,1-3H3. The Morgan fingerprint density at radius 1 is 0.958 bits per heavy atom. The van der Waals surface area contributed by atoms with E-state index in [0.29, 0.717) is 17.1 Å². The first kappa shape index (κ1) is 18.0. The molecule has 0 saturated carbocycles. The van der Waals surface area contributed by atoms with E-state index >= 15 is 0 Å². The largest absolute Gasteiger partial charge is 0.496 e. The molecule has 0 aliphatic carbocycles. The van der Waals surface area contributed by atoms with Crippen molar-refractivity contribution in [1.29, 1.82) is 0 Å². The van der Waals surface area contributed by atoms with E-state index in [2.05, 4.69) is 4.72 Å². The van der Waals surface area contributed by atoms with Crippen LogP contribution in [-0.2, 0) is 16.6 Å². The van der Waals surface area contributed by atoms with Gasteiger partial charge in [-0.05, 0) is 30.3 Å². The molecular weight excluding hydrogens is 337 g/mol. The summed E-state index contributed by atoms with van der Waals surface area (Å²) in [6, 6.07) is 8.39. The van der Waals surface area contributed by atoms with E-state index < -0.39 is 15.8 Å². The van der Waals surface area contributed by atoms with Crippen molar-refractivity contribution in [3.63, 3.8) is 0 Å². The number of rotatable bonds is 7. The number of ether oxygens (including phenoxy) is 3. The van der Waals surface area contributed by atoms with Crippen molar-refractivity contribution in [2.45, 2.75) is 11.4 Å².